The fourth-order valence-corrected chi connectivity index (χ4v) is 5.01. The van der Waals surface area contributed by atoms with E-state index in [1.807, 2.05) is 36.0 Å². The van der Waals surface area contributed by atoms with Crippen molar-refractivity contribution in [1.29, 1.82) is 0 Å². The first-order valence-corrected chi connectivity index (χ1v) is 13.1. The van der Waals surface area contributed by atoms with Gasteiger partial charge in [-0.3, -0.25) is 9.69 Å². The highest BCUT2D eigenvalue weighted by molar-refractivity contribution is 9.10. The summed E-state index contributed by atoms with van der Waals surface area (Å²) in [5, 5.41) is 7.24. The molecule has 4 rings (SSSR count). The number of likely N-dealkylation sites (tertiary alicyclic amines) is 1. The largest absolute Gasteiger partial charge is 0.356 e. The first-order chi connectivity index (χ1) is 16.1. The zero-order valence-corrected chi connectivity index (χ0v) is 21.2. The van der Waals surface area contributed by atoms with Crippen molar-refractivity contribution in [2.24, 2.45) is 5.92 Å². The highest BCUT2D eigenvalue weighted by atomic mass is 79.9. The molecule has 1 saturated heterocycles. The van der Waals surface area contributed by atoms with E-state index in [2.05, 4.69) is 67.5 Å². The Hall–Kier alpha value is -2.16. The number of thioether (sulfide) groups is 1. The Morgan fingerprint density at radius 2 is 2.00 bits per heavy atom. The van der Waals surface area contributed by atoms with Crippen molar-refractivity contribution in [3.8, 4) is 11.4 Å². The fourth-order valence-electron chi connectivity index (χ4n) is 3.89. The van der Waals surface area contributed by atoms with Gasteiger partial charge in [-0.1, -0.05) is 38.8 Å². The van der Waals surface area contributed by atoms with Crippen LogP contribution in [0.2, 0.25) is 0 Å². The number of nitrogens with one attached hydrogen (secondary N) is 1. The molecular weight excluding hydrogens is 500 g/mol. The summed E-state index contributed by atoms with van der Waals surface area (Å²) in [5.41, 5.74) is 2.20. The van der Waals surface area contributed by atoms with E-state index in [-0.39, 0.29) is 11.8 Å². The maximum absolute atomic E-state index is 12.7. The molecule has 0 radical (unpaired) electrons. The minimum absolute atomic E-state index is 0.0115. The quantitative estimate of drug-likeness (QED) is 0.299. The fraction of sp³-hybridized carbons (Fsp3) is 0.400. The van der Waals surface area contributed by atoms with Crippen LogP contribution in [0.4, 0.5) is 0 Å². The number of aromatic nitrogens is 2. The van der Waals surface area contributed by atoms with Gasteiger partial charge in [0.2, 0.25) is 17.6 Å². The van der Waals surface area contributed by atoms with E-state index in [0.717, 1.165) is 48.1 Å². The number of carbonyl (C=O) groups is 1. The van der Waals surface area contributed by atoms with E-state index >= 15 is 0 Å². The van der Waals surface area contributed by atoms with E-state index in [9.17, 15) is 4.79 Å². The van der Waals surface area contributed by atoms with Crippen LogP contribution in [-0.2, 0) is 11.3 Å². The second kappa shape index (κ2) is 11.8. The van der Waals surface area contributed by atoms with E-state index in [4.69, 9.17) is 4.52 Å². The van der Waals surface area contributed by atoms with E-state index in [1.165, 1.54) is 10.5 Å². The Bertz CT molecular complexity index is 1040. The van der Waals surface area contributed by atoms with Gasteiger partial charge in [0, 0.05) is 28.0 Å². The number of nitrogens with zero attached hydrogens (tertiary/aromatic N) is 3. The van der Waals surface area contributed by atoms with Crippen LogP contribution in [0.15, 0.2) is 62.4 Å². The van der Waals surface area contributed by atoms with Crippen LogP contribution in [0.5, 0.6) is 0 Å². The van der Waals surface area contributed by atoms with Gasteiger partial charge in [-0.05, 0) is 74.9 Å². The molecule has 33 heavy (non-hydrogen) atoms. The zero-order chi connectivity index (χ0) is 23.0. The lowest BCUT2D eigenvalue weighted by Crippen LogP contribution is -2.43. The average molecular weight is 530 g/mol. The summed E-state index contributed by atoms with van der Waals surface area (Å²) in [5.74, 6) is 2.34. The molecule has 1 fully saturated rings. The van der Waals surface area contributed by atoms with E-state index in [0.29, 0.717) is 24.8 Å². The summed E-state index contributed by atoms with van der Waals surface area (Å²) < 4.78 is 6.48. The van der Waals surface area contributed by atoms with Crippen molar-refractivity contribution in [3.63, 3.8) is 0 Å². The van der Waals surface area contributed by atoms with Crippen molar-refractivity contribution in [3.05, 3.63) is 64.5 Å². The number of halogens is 1. The minimum atomic E-state index is 0.0115. The molecule has 1 N–H and O–H groups in total. The Morgan fingerprint density at radius 1 is 1.21 bits per heavy atom. The molecule has 8 heteroatoms. The van der Waals surface area contributed by atoms with Gasteiger partial charge in [0.05, 0.1) is 12.5 Å². The van der Waals surface area contributed by atoms with Crippen LogP contribution in [0.25, 0.3) is 11.4 Å². The van der Waals surface area contributed by atoms with Crippen LogP contribution in [0.3, 0.4) is 0 Å². The number of piperidine rings is 1. The van der Waals surface area contributed by atoms with Gasteiger partial charge in [-0.15, -0.1) is 11.8 Å². The molecule has 0 saturated carbocycles. The first kappa shape index (κ1) is 24.0. The van der Waals surface area contributed by atoms with Crippen LogP contribution in [0.1, 0.15) is 30.7 Å². The molecule has 2 heterocycles. The standard InChI is InChI=1S/C25H29BrN4O2S/c1-18-5-11-22(12-6-18)33-15-3-13-27-25(31)20-4-2-14-30(16-20)17-23-28-24(29-32-23)19-7-9-21(26)10-8-19/h5-12,20H,2-4,13-17H2,1H3,(H,27,31). The molecular formula is C25H29BrN4O2S. The van der Waals surface area contributed by atoms with Crippen LogP contribution in [0, 0.1) is 12.8 Å². The van der Waals surface area contributed by atoms with E-state index < -0.39 is 0 Å². The predicted molar refractivity (Wildman–Crippen MR) is 135 cm³/mol. The molecule has 1 aromatic heterocycles. The number of amides is 1. The summed E-state index contributed by atoms with van der Waals surface area (Å²) in [4.78, 5) is 20.7. The Labute approximate surface area is 207 Å². The highest BCUT2D eigenvalue weighted by Gasteiger charge is 2.26. The predicted octanol–water partition coefficient (Wildman–Crippen LogP) is 5.32. The summed E-state index contributed by atoms with van der Waals surface area (Å²) in [6, 6.07) is 16.4. The lowest BCUT2D eigenvalue weighted by molar-refractivity contribution is -0.126. The highest BCUT2D eigenvalue weighted by Crippen LogP contribution is 2.22. The Morgan fingerprint density at radius 3 is 2.79 bits per heavy atom. The normalized spacial score (nSPS) is 16.6. The van der Waals surface area contributed by atoms with Gasteiger partial charge < -0.3 is 9.84 Å². The number of hydrogen-bond acceptors (Lipinski definition) is 6. The van der Waals surface area contributed by atoms with Gasteiger partial charge in [0.1, 0.15) is 0 Å². The molecule has 6 nitrogen and oxygen atoms in total. The third-order valence-electron chi connectivity index (χ3n) is 5.72. The number of benzene rings is 2. The van der Waals surface area contributed by atoms with E-state index in [1.54, 1.807) is 0 Å². The van der Waals surface area contributed by atoms with Crippen LogP contribution < -0.4 is 5.32 Å². The Kier molecular flexibility index (Phi) is 8.58. The van der Waals surface area contributed by atoms with Gasteiger partial charge >= 0.3 is 0 Å². The van der Waals surface area contributed by atoms with Crippen molar-refractivity contribution >= 4 is 33.6 Å². The van der Waals surface area contributed by atoms with Crippen LogP contribution >= 0.6 is 27.7 Å². The molecule has 2 aromatic carbocycles. The van der Waals surface area contributed by atoms with Crippen molar-refractivity contribution in [2.75, 3.05) is 25.4 Å². The molecule has 1 amide bonds. The molecule has 0 spiro atoms. The number of hydrogen-bond donors (Lipinski definition) is 1. The Balaban J connectivity index is 1.19. The number of aryl methyl sites for hydroxylation is 1. The topological polar surface area (TPSA) is 71.3 Å². The maximum atomic E-state index is 12.7. The van der Waals surface area contributed by atoms with Gasteiger partial charge in [-0.25, -0.2) is 0 Å². The summed E-state index contributed by atoms with van der Waals surface area (Å²) in [6.07, 6.45) is 2.88. The lowest BCUT2D eigenvalue weighted by Gasteiger charge is -2.30. The SMILES string of the molecule is Cc1ccc(SCCCNC(=O)C2CCCN(Cc3nc(-c4ccc(Br)cc4)no3)C2)cc1. The van der Waals surface area contributed by atoms with Gasteiger partial charge in [-0.2, -0.15) is 4.98 Å². The van der Waals surface area contributed by atoms with Crippen LogP contribution in [-0.4, -0.2) is 46.3 Å². The zero-order valence-electron chi connectivity index (χ0n) is 18.8. The first-order valence-electron chi connectivity index (χ1n) is 11.3. The van der Waals surface area contributed by atoms with Crippen molar-refractivity contribution < 1.29 is 9.32 Å². The molecule has 0 bridgehead atoms. The third kappa shape index (κ3) is 7.16. The smallest absolute Gasteiger partial charge is 0.241 e. The molecule has 3 aromatic rings. The molecule has 1 unspecified atom stereocenters. The monoisotopic (exact) mass is 528 g/mol. The minimum Gasteiger partial charge on any atom is -0.356 e. The molecule has 1 atom stereocenters. The molecule has 1 aliphatic rings. The molecule has 1 aliphatic heterocycles. The lowest BCUT2D eigenvalue weighted by atomic mass is 9.97. The average Bonchev–Trinajstić information content (AvgIpc) is 3.29. The van der Waals surface area contributed by atoms with Crippen molar-refractivity contribution in [1.82, 2.24) is 20.4 Å². The summed E-state index contributed by atoms with van der Waals surface area (Å²) in [6.45, 7) is 5.04. The molecule has 0 aliphatic carbocycles. The molecule has 174 valence electrons. The second-order valence-corrected chi connectivity index (χ2v) is 10.5. The van der Waals surface area contributed by atoms with Crippen molar-refractivity contribution in [2.45, 2.75) is 37.6 Å². The van der Waals surface area contributed by atoms with Gasteiger partial charge in [0.25, 0.3) is 0 Å². The van der Waals surface area contributed by atoms with Gasteiger partial charge in [0.15, 0.2) is 0 Å². The second-order valence-electron chi connectivity index (χ2n) is 8.40. The summed E-state index contributed by atoms with van der Waals surface area (Å²) >= 11 is 5.27. The third-order valence-corrected chi connectivity index (χ3v) is 7.34. The summed E-state index contributed by atoms with van der Waals surface area (Å²) in [7, 11) is 0. The maximum Gasteiger partial charge on any atom is 0.241 e. The number of carbonyl (C=O) groups excluding carboxylic acids is 1. The number of rotatable bonds is 9.